The van der Waals surface area contributed by atoms with Crippen LogP contribution >= 0.6 is 0 Å². The fraction of sp³-hybridized carbons (Fsp3) is 0.273. The Morgan fingerprint density at radius 1 is 1.36 bits per heavy atom. The molecule has 0 aliphatic carbocycles. The lowest BCUT2D eigenvalue weighted by molar-refractivity contribution is -0.126. The van der Waals surface area contributed by atoms with Gasteiger partial charge in [-0.05, 0) is 18.1 Å². The monoisotopic (exact) mass is 189 g/mol. The minimum absolute atomic E-state index is 0.167. The Morgan fingerprint density at radius 3 is 2.79 bits per heavy atom. The topological polar surface area (TPSA) is 37.4 Å². The molecule has 0 saturated carbocycles. The minimum atomic E-state index is -0.176. The first kappa shape index (κ1) is 8.94. The van der Waals surface area contributed by atoms with Gasteiger partial charge in [-0.1, -0.05) is 18.2 Å². The molecule has 0 saturated heterocycles. The summed E-state index contributed by atoms with van der Waals surface area (Å²) >= 11 is 0. The van der Waals surface area contributed by atoms with E-state index in [1.54, 1.807) is 6.07 Å². The number of nitrogens with zero attached hydrogens (tertiary/aromatic N) is 1. The first-order valence-electron chi connectivity index (χ1n) is 4.60. The largest absolute Gasteiger partial charge is 0.278 e. The highest BCUT2D eigenvalue weighted by atomic mass is 16.2. The SMILES string of the molecule is CC(=O)N1CCc2ccccc2C1=O. The molecule has 0 spiro atoms. The molecule has 3 nitrogen and oxygen atoms in total. The molecule has 1 aromatic rings. The van der Waals surface area contributed by atoms with Crippen LogP contribution in [0.15, 0.2) is 24.3 Å². The van der Waals surface area contributed by atoms with Crippen molar-refractivity contribution in [2.75, 3.05) is 6.54 Å². The summed E-state index contributed by atoms with van der Waals surface area (Å²) in [6.45, 7) is 1.93. The van der Waals surface area contributed by atoms with E-state index in [0.29, 0.717) is 12.1 Å². The van der Waals surface area contributed by atoms with Gasteiger partial charge in [0.05, 0.1) is 0 Å². The maximum atomic E-state index is 11.8. The van der Waals surface area contributed by atoms with Gasteiger partial charge in [-0.25, -0.2) is 0 Å². The van der Waals surface area contributed by atoms with Crippen LogP contribution in [0.1, 0.15) is 22.8 Å². The fourth-order valence-corrected chi connectivity index (χ4v) is 1.73. The average Bonchev–Trinajstić information content (AvgIpc) is 2.18. The molecule has 0 unspecified atom stereocenters. The molecular formula is C11H11NO2. The molecule has 2 rings (SSSR count). The molecule has 1 aliphatic heterocycles. The molecule has 14 heavy (non-hydrogen) atoms. The Hall–Kier alpha value is -1.64. The van der Waals surface area contributed by atoms with Gasteiger partial charge < -0.3 is 0 Å². The van der Waals surface area contributed by atoms with E-state index >= 15 is 0 Å². The van der Waals surface area contributed by atoms with Crippen LogP contribution in [-0.2, 0) is 11.2 Å². The van der Waals surface area contributed by atoms with Crippen LogP contribution < -0.4 is 0 Å². The summed E-state index contributed by atoms with van der Waals surface area (Å²) < 4.78 is 0. The first-order chi connectivity index (χ1) is 6.70. The van der Waals surface area contributed by atoms with Crippen molar-refractivity contribution < 1.29 is 9.59 Å². The molecule has 72 valence electrons. The lowest BCUT2D eigenvalue weighted by atomic mass is 9.99. The van der Waals surface area contributed by atoms with E-state index in [9.17, 15) is 9.59 Å². The summed E-state index contributed by atoms with van der Waals surface area (Å²) in [5, 5.41) is 0. The highest BCUT2D eigenvalue weighted by Crippen LogP contribution is 2.18. The number of benzene rings is 1. The Balaban J connectivity index is 2.41. The summed E-state index contributed by atoms with van der Waals surface area (Å²) in [6, 6.07) is 7.44. The standard InChI is InChI=1S/C11H11NO2/c1-8(13)12-7-6-9-4-2-3-5-10(9)11(12)14/h2-5H,6-7H2,1H3. The highest BCUT2D eigenvalue weighted by molar-refractivity contribution is 6.05. The molecule has 1 aliphatic rings. The van der Waals surface area contributed by atoms with Gasteiger partial charge in [0, 0.05) is 19.0 Å². The second-order valence-electron chi connectivity index (χ2n) is 3.38. The lowest BCUT2D eigenvalue weighted by Crippen LogP contribution is -2.40. The molecule has 3 heteroatoms. The molecule has 0 radical (unpaired) electrons. The molecule has 1 heterocycles. The van der Waals surface area contributed by atoms with Crippen molar-refractivity contribution in [3.05, 3.63) is 35.4 Å². The van der Waals surface area contributed by atoms with E-state index in [0.717, 1.165) is 12.0 Å². The van der Waals surface area contributed by atoms with E-state index in [1.165, 1.54) is 11.8 Å². The zero-order valence-corrected chi connectivity index (χ0v) is 7.99. The third-order valence-corrected chi connectivity index (χ3v) is 2.48. The van der Waals surface area contributed by atoms with Crippen LogP contribution in [0.5, 0.6) is 0 Å². The third kappa shape index (κ3) is 1.31. The van der Waals surface area contributed by atoms with Gasteiger partial charge in [0.15, 0.2) is 0 Å². The Labute approximate surface area is 82.3 Å². The van der Waals surface area contributed by atoms with E-state index in [-0.39, 0.29) is 11.8 Å². The van der Waals surface area contributed by atoms with Crippen molar-refractivity contribution in [2.45, 2.75) is 13.3 Å². The fourth-order valence-electron chi connectivity index (χ4n) is 1.73. The van der Waals surface area contributed by atoms with E-state index < -0.39 is 0 Å². The predicted octanol–water partition coefficient (Wildman–Crippen LogP) is 1.23. The molecule has 0 bridgehead atoms. The van der Waals surface area contributed by atoms with Crippen molar-refractivity contribution in [3.63, 3.8) is 0 Å². The van der Waals surface area contributed by atoms with Gasteiger partial charge in [-0.15, -0.1) is 0 Å². The minimum Gasteiger partial charge on any atom is -0.278 e. The van der Waals surface area contributed by atoms with Gasteiger partial charge in [0.1, 0.15) is 0 Å². The summed E-state index contributed by atoms with van der Waals surface area (Å²) in [4.78, 5) is 24.2. The quantitative estimate of drug-likeness (QED) is 0.615. The second kappa shape index (κ2) is 3.25. The highest BCUT2D eigenvalue weighted by Gasteiger charge is 2.25. The molecule has 0 N–H and O–H groups in total. The maximum Gasteiger partial charge on any atom is 0.260 e. The van der Waals surface area contributed by atoms with Gasteiger partial charge in [0.2, 0.25) is 5.91 Å². The molecular weight excluding hydrogens is 178 g/mol. The zero-order chi connectivity index (χ0) is 10.1. The van der Waals surface area contributed by atoms with Crippen LogP contribution in [0.4, 0.5) is 0 Å². The Kier molecular flexibility index (Phi) is 2.08. The van der Waals surface area contributed by atoms with Crippen LogP contribution in [0.25, 0.3) is 0 Å². The molecule has 0 fully saturated rings. The van der Waals surface area contributed by atoms with Gasteiger partial charge in [-0.2, -0.15) is 0 Å². The number of carbonyl (C=O) groups is 2. The summed E-state index contributed by atoms with van der Waals surface area (Å²) in [6.07, 6.45) is 0.765. The van der Waals surface area contributed by atoms with Crippen molar-refractivity contribution >= 4 is 11.8 Å². The van der Waals surface area contributed by atoms with Crippen molar-refractivity contribution in [2.24, 2.45) is 0 Å². The van der Waals surface area contributed by atoms with Crippen molar-refractivity contribution in [1.82, 2.24) is 4.90 Å². The number of amides is 2. The Bertz CT molecular complexity index is 398. The second-order valence-corrected chi connectivity index (χ2v) is 3.38. The third-order valence-electron chi connectivity index (χ3n) is 2.48. The van der Waals surface area contributed by atoms with Gasteiger partial charge in [-0.3, -0.25) is 14.5 Å². The number of carbonyl (C=O) groups excluding carboxylic acids is 2. The number of hydrogen-bond acceptors (Lipinski definition) is 2. The maximum absolute atomic E-state index is 11.8. The average molecular weight is 189 g/mol. The molecule has 2 amide bonds. The number of fused-ring (bicyclic) bond motifs is 1. The van der Waals surface area contributed by atoms with Gasteiger partial charge in [0.25, 0.3) is 5.91 Å². The van der Waals surface area contributed by atoms with Crippen LogP contribution in [0, 0.1) is 0 Å². The Morgan fingerprint density at radius 2 is 2.07 bits per heavy atom. The van der Waals surface area contributed by atoms with Crippen molar-refractivity contribution in [3.8, 4) is 0 Å². The first-order valence-corrected chi connectivity index (χ1v) is 4.60. The summed E-state index contributed by atoms with van der Waals surface area (Å²) in [5.41, 5.74) is 1.70. The summed E-state index contributed by atoms with van der Waals surface area (Å²) in [7, 11) is 0. The van der Waals surface area contributed by atoms with Crippen molar-refractivity contribution in [1.29, 1.82) is 0 Å². The van der Waals surface area contributed by atoms with E-state index in [2.05, 4.69) is 0 Å². The van der Waals surface area contributed by atoms with Gasteiger partial charge >= 0.3 is 0 Å². The molecule has 0 atom stereocenters. The normalized spacial score (nSPS) is 15.2. The summed E-state index contributed by atoms with van der Waals surface area (Å²) in [5.74, 6) is -0.344. The smallest absolute Gasteiger partial charge is 0.260 e. The molecule has 1 aromatic carbocycles. The molecule has 0 aromatic heterocycles. The number of hydrogen-bond donors (Lipinski definition) is 0. The lowest BCUT2D eigenvalue weighted by Gasteiger charge is -2.25. The van der Waals surface area contributed by atoms with Crippen LogP contribution in [0.2, 0.25) is 0 Å². The number of imide groups is 1. The van der Waals surface area contributed by atoms with Crippen LogP contribution in [0.3, 0.4) is 0 Å². The zero-order valence-electron chi connectivity index (χ0n) is 7.99. The van der Waals surface area contributed by atoms with Crippen LogP contribution in [-0.4, -0.2) is 23.3 Å². The predicted molar refractivity (Wildman–Crippen MR) is 51.9 cm³/mol. The van der Waals surface area contributed by atoms with E-state index in [4.69, 9.17) is 0 Å². The number of rotatable bonds is 0. The van der Waals surface area contributed by atoms with E-state index in [1.807, 2.05) is 18.2 Å².